The standard InChI is InChI=1S/C17H11F3O4S/c1-22-16(21)15-14(6-8-25-15)24-13-5-4-10(17(18,19)20)9-11(13)12-3-2-7-23-12/h2-9H,1H3. The summed E-state index contributed by atoms with van der Waals surface area (Å²) in [5, 5.41) is 1.62. The van der Waals surface area contributed by atoms with E-state index in [4.69, 9.17) is 9.15 Å². The number of ether oxygens (including phenoxy) is 2. The predicted molar refractivity (Wildman–Crippen MR) is 84.9 cm³/mol. The van der Waals surface area contributed by atoms with Gasteiger partial charge in [0.2, 0.25) is 0 Å². The molecule has 0 spiro atoms. The quantitative estimate of drug-likeness (QED) is 0.562. The van der Waals surface area contributed by atoms with Crippen molar-refractivity contribution in [3.05, 3.63) is 58.5 Å². The third-order valence-electron chi connectivity index (χ3n) is 3.31. The van der Waals surface area contributed by atoms with Gasteiger partial charge in [0, 0.05) is 0 Å². The van der Waals surface area contributed by atoms with Crippen LogP contribution in [0.3, 0.4) is 0 Å². The first-order valence-electron chi connectivity index (χ1n) is 6.99. The van der Waals surface area contributed by atoms with Crippen LogP contribution in [0.15, 0.2) is 52.5 Å². The molecule has 0 N–H and O–H groups in total. The Hall–Kier alpha value is -2.74. The molecular formula is C17H11F3O4S. The van der Waals surface area contributed by atoms with E-state index >= 15 is 0 Å². The zero-order chi connectivity index (χ0) is 18.0. The van der Waals surface area contributed by atoms with Crippen LogP contribution in [0.4, 0.5) is 13.2 Å². The van der Waals surface area contributed by atoms with Gasteiger partial charge in [0.25, 0.3) is 0 Å². The molecule has 4 nitrogen and oxygen atoms in total. The number of thiophene rings is 1. The SMILES string of the molecule is COC(=O)c1sccc1Oc1ccc(C(F)(F)F)cc1-c1ccco1. The molecule has 0 fully saturated rings. The summed E-state index contributed by atoms with van der Waals surface area (Å²) < 4.78 is 54.6. The van der Waals surface area contributed by atoms with E-state index in [1.807, 2.05) is 0 Å². The molecular weight excluding hydrogens is 357 g/mol. The molecule has 0 amide bonds. The molecule has 0 radical (unpaired) electrons. The predicted octanol–water partition coefficient (Wildman–Crippen LogP) is 5.61. The van der Waals surface area contributed by atoms with Gasteiger partial charge in [-0.2, -0.15) is 13.2 Å². The Balaban J connectivity index is 2.05. The van der Waals surface area contributed by atoms with Crippen molar-refractivity contribution >= 4 is 17.3 Å². The van der Waals surface area contributed by atoms with E-state index in [1.165, 1.54) is 25.5 Å². The molecule has 0 saturated heterocycles. The number of hydrogen-bond acceptors (Lipinski definition) is 5. The number of benzene rings is 1. The maximum Gasteiger partial charge on any atom is 0.416 e. The summed E-state index contributed by atoms with van der Waals surface area (Å²) >= 11 is 1.11. The summed E-state index contributed by atoms with van der Waals surface area (Å²) in [7, 11) is 1.23. The van der Waals surface area contributed by atoms with E-state index in [1.54, 1.807) is 17.5 Å². The lowest BCUT2D eigenvalue weighted by Gasteiger charge is -2.13. The van der Waals surface area contributed by atoms with E-state index in [0.29, 0.717) is 0 Å². The van der Waals surface area contributed by atoms with E-state index in [2.05, 4.69) is 4.74 Å². The Labute approximate surface area is 144 Å². The van der Waals surface area contributed by atoms with Crippen molar-refractivity contribution in [1.29, 1.82) is 0 Å². The molecule has 0 bridgehead atoms. The van der Waals surface area contributed by atoms with Crippen LogP contribution >= 0.6 is 11.3 Å². The van der Waals surface area contributed by atoms with Crippen molar-refractivity contribution in [3.8, 4) is 22.8 Å². The molecule has 25 heavy (non-hydrogen) atoms. The minimum absolute atomic E-state index is 0.127. The zero-order valence-corrected chi connectivity index (χ0v) is 13.6. The van der Waals surface area contributed by atoms with E-state index in [-0.39, 0.29) is 27.7 Å². The topological polar surface area (TPSA) is 48.7 Å². The number of rotatable bonds is 4. The molecule has 130 valence electrons. The molecule has 0 atom stereocenters. The van der Waals surface area contributed by atoms with Gasteiger partial charge in [0.15, 0.2) is 10.6 Å². The average Bonchev–Trinajstić information content (AvgIpc) is 3.25. The monoisotopic (exact) mass is 368 g/mol. The van der Waals surface area contributed by atoms with Crippen molar-refractivity contribution in [2.75, 3.05) is 7.11 Å². The first kappa shape index (κ1) is 17.1. The lowest BCUT2D eigenvalue weighted by Crippen LogP contribution is -2.05. The maximum absolute atomic E-state index is 13.0. The van der Waals surface area contributed by atoms with Crippen LogP contribution in [-0.4, -0.2) is 13.1 Å². The average molecular weight is 368 g/mol. The van der Waals surface area contributed by atoms with Crippen LogP contribution < -0.4 is 4.74 Å². The Morgan fingerprint density at radius 2 is 1.96 bits per heavy atom. The Morgan fingerprint density at radius 3 is 2.60 bits per heavy atom. The fraction of sp³-hybridized carbons (Fsp3) is 0.118. The van der Waals surface area contributed by atoms with Crippen LogP contribution in [-0.2, 0) is 10.9 Å². The fourth-order valence-corrected chi connectivity index (χ4v) is 2.89. The summed E-state index contributed by atoms with van der Waals surface area (Å²) in [6.45, 7) is 0. The second-order valence-corrected chi connectivity index (χ2v) is 5.81. The highest BCUT2D eigenvalue weighted by Crippen LogP contribution is 2.40. The Bertz CT molecular complexity index is 882. The lowest BCUT2D eigenvalue weighted by atomic mass is 10.1. The number of methoxy groups -OCH3 is 1. The summed E-state index contributed by atoms with van der Waals surface area (Å²) in [5.41, 5.74) is -0.702. The van der Waals surface area contributed by atoms with Gasteiger partial charge in [-0.05, 0) is 41.8 Å². The van der Waals surface area contributed by atoms with Gasteiger partial charge in [-0.3, -0.25) is 0 Å². The number of hydrogen-bond donors (Lipinski definition) is 0. The molecule has 8 heteroatoms. The van der Waals surface area contributed by atoms with Gasteiger partial charge < -0.3 is 13.9 Å². The maximum atomic E-state index is 13.0. The summed E-state index contributed by atoms with van der Waals surface area (Å²) in [5.74, 6) is -0.0386. The summed E-state index contributed by atoms with van der Waals surface area (Å²) in [6, 6.07) is 7.67. The summed E-state index contributed by atoms with van der Waals surface area (Å²) in [6.07, 6.45) is -3.15. The minimum atomic E-state index is -4.50. The van der Waals surface area contributed by atoms with Crippen molar-refractivity contribution in [3.63, 3.8) is 0 Å². The van der Waals surface area contributed by atoms with Gasteiger partial charge in [-0.25, -0.2) is 4.79 Å². The molecule has 3 rings (SSSR count). The number of carbonyl (C=O) groups is 1. The highest BCUT2D eigenvalue weighted by Gasteiger charge is 2.32. The van der Waals surface area contributed by atoms with Crippen LogP contribution in [0.1, 0.15) is 15.2 Å². The molecule has 0 aliphatic carbocycles. The van der Waals surface area contributed by atoms with Gasteiger partial charge in [-0.15, -0.1) is 11.3 Å². The van der Waals surface area contributed by atoms with Gasteiger partial charge in [-0.1, -0.05) is 0 Å². The van der Waals surface area contributed by atoms with Crippen LogP contribution in [0, 0.1) is 0 Å². The molecule has 0 aliphatic heterocycles. The number of carbonyl (C=O) groups excluding carboxylic acids is 1. The van der Waals surface area contributed by atoms with E-state index < -0.39 is 17.7 Å². The fourth-order valence-electron chi connectivity index (χ4n) is 2.16. The van der Waals surface area contributed by atoms with Crippen LogP contribution in [0.5, 0.6) is 11.5 Å². The van der Waals surface area contributed by atoms with Gasteiger partial charge in [0.1, 0.15) is 11.5 Å². The van der Waals surface area contributed by atoms with Crippen LogP contribution in [0.2, 0.25) is 0 Å². The van der Waals surface area contributed by atoms with E-state index in [9.17, 15) is 18.0 Å². The smallest absolute Gasteiger partial charge is 0.416 e. The molecule has 0 unspecified atom stereocenters. The number of furan rings is 1. The Morgan fingerprint density at radius 1 is 1.16 bits per heavy atom. The summed E-state index contributed by atoms with van der Waals surface area (Å²) in [4.78, 5) is 11.9. The largest absolute Gasteiger partial charge is 0.465 e. The molecule has 0 saturated carbocycles. The molecule has 2 heterocycles. The van der Waals surface area contributed by atoms with E-state index in [0.717, 1.165) is 23.5 Å². The highest BCUT2D eigenvalue weighted by atomic mass is 32.1. The van der Waals surface area contributed by atoms with Crippen LogP contribution in [0.25, 0.3) is 11.3 Å². The molecule has 2 aromatic heterocycles. The normalized spacial score (nSPS) is 11.4. The lowest BCUT2D eigenvalue weighted by molar-refractivity contribution is -0.137. The van der Waals surface area contributed by atoms with Crippen molar-refractivity contribution in [2.45, 2.75) is 6.18 Å². The van der Waals surface area contributed by atoms with Crippen molar-refractivity contribution in [1.82, 2.24) is 0 Å². The zero-order valence-electron chi connectivity index (χ0n) is 12.8. The molecule has 3 aromatic rings. The van der Waals surface area contributed by atoms with Crippen molar-refractivity contribution < 1.29 is 31.9 Å². The Kier molecular flexibility index (Phi) is 4.54. The first-order valence-corrected chi connectivity index (χ1v) is 7.87. The molecule has 0 aliphatic rings. The number of halogens is 3. The van der Waals surface area contributed by atoms with Gasteiger partial charge >= 0.3 is 12.1 Å². The van der Waals surface area contributed by atoms with Crippen molar-refractivity contribution in [2.24, 2.45) is 0 Å². The number of alkyl halides is 3. The minimum Gasteiger partial charge on any atom is -0.465 e. The molecule has 1 aromatic carbocycles. The van der Waals surface area contributed by atoms with Gasteiger partial charge in [0.05, 0.1) is 24.5 Å². The second-order valence-electron chi connectivity index (χ2n) is 4.89. The third-order valence-corrected chi connectivity index (χ3v) is 4.19. The third kappa shape index (κ3) is 3.53. The number of esters is 1. The second kappa shape index (κ2) is 6.64. The first-order chi connectivity index (χ1) is 11.9. The highest BCUT2D eigenvalue weighted by molar-refractivity contribution is 7.12.